The van der Waals surface area contributed by atoms with Crippen LogP contribution in [0.3, 0.4) is 0 Å². The van der Waals surface area contributed by atoms with E-state index in [1.807, 2.05) is 6.92 Å². The Morgan fingerprint density at radius 3 is 1.81 bits per heavy atom. The molecule has 2 unspecified atom stereocenters. The standard InChI is InChI=1S/C24H24Cl2O4S2/c1-18-7-13-23(14-8-18)32(29,30)17-24(26)20-11-9-19(10-12-20)15-21(25)16-31(27,28)22-5-3-2-4-6-22/h2-14,21,24H,15-17H2,1H3. The summed E-state index contributed by atoms with van der Waals surface area (Å²) >= 11 is 12.7. The molecule has 0 N–H and O–H groups in total. The Hall–Kier alpha value is -1.86. The fourth-order valence-electron chi connectivity index (χ4n) is 3.27. The molecule has 0 aliphatic rings. The van der Waals surface area contributed by atoms with Gasteiger partial charge in [0.1, 0.15) is 0 Å². The van der Waals surface area contributed by atoms with Crippen molar-refractivity contribution >= 4 is 42.9 Å². The van der Waals surface area contributed by atoms with Crippen molar-refractivity contribution in [1.29, 1.82) is 0 Å². The van der Waals surface area contributed by atoms with Crippen LogP contribution in [0, 0.1) is 6.92 Å². The molecule has 2 atom stereocenters. The van der Waals surface area contributed by atoms with Gasteiger partial charge in [0.05, 0.1) is 32.1 Å². The average molecular weight is 511 g/mol. The summed E-state index contributed by atoms with van der Waals surface area (Å²) in [6, 6.07) is 22.0. The van der Waals surface area contributed by atoms with Gasteiger partial charge in [-0.1, -0.05) is 60.2 Å². The Kier molecular flexibility index (Phi) is 8.04. The van der Waals surface area contributed by atoms with E-state index < -0.39 is 30.4 Å². The van der Waals surface area contributed by atoms with E-state index in [-0.39, 0.29) is 21.3 Å². The molecule has 0 radical (unpaired) electrons. The average Bonchev–Trinajstić information content (AvgIpc) is 2.74. The Bertz CT molecular complexity index is 1240. The maximum atomic E-state index is 12.6. The van der Waals surface area contributed by atoms with Crippen LogP contribution in [-0.2, 0) is 26.1 Å². The lowest BCUT2D eigenvalue weighted by atomic mass is 10.1. The van der Waals surface area contributed by atoms with Crippen LogP contribution in [0.15, 0.2) is 88.7 Å². The van der Waals surface area contributed by atoms with Gasteiger partial charge in [0.25, 0.3) is 0 Å². The molecule has 170 valence electrons. The van der Waals surface area contributed by atoms with E-state index in [1.54, 1.807) is 78.9 Å². The van der Waals surface area contributed by atoms with Crippen LogP contribution >= 0.6 is 23.2 Å². The van der Waals surface area contributed by atoms with Crippen LogP contribution in [0.2, 0.25) is 0 Å². The number of alkyl halides is 2. The molecule has 0 saturated heterocycles. The molecule has 0 saturated carbocycles. The predicted molar refractivity (Wildman–Crippen MR) is 130 cm³/mol. The van der Waals surface area contributed by atoms with Gasteiger partial charge in [-0.3, -0.25) is 0 Å². The smallest absolute Gasteiger partial charge is 0.180 e. The van der Waals surface area contributed by atoms with E-state index in [4.69, 9.17) is 23.2 Å². The summed E-state index contributed by atoms with van der Waals surface area (Å²) in [6.45, 7) is 1.89. The third-order valence-corrected chi connectivity index (χ3v) is 9.72. The van der Waals surface area contributed by atoms with Gasteiger partial charge >= 0.3 is 0 Å². The van der Waals surface area contributed by atoms with Crippen molar-refractivity contribution in [3.05, 3.63) is 95.6 Å². The number of benzene rings is 3. The highest BCUT2D eigenvalue weighted by Gasteiger charge is 2.22. The lowest BCUT2D eigenvalue weighted by molar-refractivity contribution is 0.592. The van der Waals surface area contributed by atoms with Crippen molar-refractivity contribution in [1.82, 2.24) is 0 Å². The second kappa shape index (κ2) is 10.4. The highest BCUT2D eigenvalue weighted by atomic mass is 35.5. The largest absolute Gasteiger partial charge is 0.224 e. The molecule has 0 bridgehead atoms. The first-order valence-electron chi connectivity index (χ1n) is 10.0. The number of hydrogen-bond acceptors (Lipinski definition) is 4. The zero-order valence-corrected chi connectivity index (χ0v) is 20.6. The zero-order chi connectivity index (χ0) is 23.4. The zero-order valence-electron chi connectivity index (χ0n) is 17.5. The van der Waals surface area contributed by atoms with Crippen molar-refractivity contribution in [2.75, 3.05) is 11.5 Å². The van der Waals surface area contributed by atoms with Gasteiger partial charge in [0, 0.05) is 0 Å². The topological polar surface area (TPSA) is 68.3 Å². The minimum atomic E-state index is -3.52. The summed E-state index contributed by atoms with van der Waals surface area (Å²) in [4.78, 5) is 0.496. The molecule has 0 spiro atoms. The summed E-state index contributed by atoms with van der Waals surface area (Å²) in [7, 11) is -6.99. The van der Waals surface area contributed by atoms with E-state index in [1.165, 1.54) is 0 Å². The van der Waals surface area contributed by atoms with Crippen molar-refractivity contribution in [3.8, 4) is 0 Å². The molecule has 0 heterocycles. The summed E-state index contributed by atoms with van der Waals surface area (Å²) in [5, 5.41) is -1.31. The maximum Gasteiger partial charge on any atom is 0.180 e. The molecule has 8 heteroatoms. The quantitative estimate of drug-likeness (QED) is 0.362. The van der Waals surface area contributed by atoms with E-state index >= 15 is 0 Å². The molecule has 3 rings (SSSR count). The van der Waals surface area contributed by atoms with Crippen molar-refractivity contribution in [2.45, 2.75) is 33.9 Å². The summed E-state index contributed by atoms with van der Waals surface area (Å²) in [5.41, 5.74) is 2.51. The van der Waals surface area contributed by atoms with Crippen LogP contribution in [0.5, 0.6) is 0 Å². The number of sulfone groups is 2. The Morgan fingerprint density at radius 2 is 1.22 bits per heavy atom. The summed E-state index contributed by atoms with van der Waals surface area (Å²) in [5.74, 6) is -0.391. The van der Waals surface area contributed by atoms with Gasteiger partial charge in [-0.2, -0.15) is 0 Å². The Balaban J connectivity index is 1.62. The molecule has 0 aromatic heterocycles. The predicted octanol–water partition coefficient (Wildman–Crippen LogP) is 5.37. The second-order valence-electron chi connectivity index (χ2n) is 7.70. The molecular weight excluding hydrogens is 487 g/mol. The first kappa shape index (κ1) is 24.8. The number of hydrogen-bond donors (Lipinski definition) is 0. The SMILES string of the molecule is Cc1ccc(S(=O)(=O)CC(Cl)c2ccc(CC(Cl)CS(=O)(=O)c3ccccc3)cc2)cc1. The van der Waals surface area contributed by atoms with Gasteiger partial charge < -0.3 is 0 Å². The van der Waals surface area contributed by atoms with E-state index in [2.05, 4.69) is 0 Å². The first-order valence-corrected chi connectivity index (χ1v) is 14.2. The van der Waals surface area contributed by atoms with E-state index in [0.29, 0.717) is 12.0 Å². The van der Waals surface area contributed by atoms with Gasteiger partial charge in [-0.15, -0.1) is 23.2 Å². The van der Waals surface area contributed by atoms with Crippen LogP contribution in [0.1, 0.15) is 22.1 Å². The van der Waals surface area contributed by atoms with Crippen molar-refractivity contribution in [3.63, 3.8) is 0 Å². The van der Waals surface area contributed by atoms with Crippen LogP contribution < -0.4 is 0 Å². The number of rotatable bonds is 9. The number of halogens is 2. The summed E-state index contributed by atoms with van der Waals surface area (Å²) < 4.78 is 50.2. The lowest BCUT2D eigenvalue weighted by Crippen LogP contribution is -2.18. The molecule has 0 aliphatic heterocycles. The monoisotopic (exact) mass is 510 g/mol. The fraction of sp³-hybridized carbons (Fsp3) is 0.250. The van der Waals surface area contributed by atoms with Crippen LogP contribution in [0.25, 0.3) is 0 Å². The van der Waals surface area contributed by atoms with Gasteiger partial charge in [-0.05, 0) is 48.7 Å². The van der Waals surface area contributed by atoms with Crippen LogP contribution in [-0.4, -0.2) is 33.7 Å². The van der Waals surface area contributed by atoms with Gasteiger partial charge in [0.15, 0.2) is 19.7 Å². The fourth-order valence-corrected chi connectivity index (χ4v) is 7.27. The van der Waals surface area contributed by atoms with E-state index in [0.717, 1.165) is 11.1 Å². The number of aryl methyl sites for hydroxylation is 1. The van der Waals surface area contributed by atoms with E-state index in [9.17, 15) is 16.8 Å². The maximum absolute atomic E-state index is 12.6. The molecule has 4 nitrogen and oxygen atoms in total. The minimum Gasteiger partial charge on any atom is -0.224 e. The normalized spacial score (nSPS) is 14.1. The third-order valence-electron chi connectivity index (χ3n) is 5.05. The minimum absolute atomic E-state index is 0.173. The van der Waals surface area contributed by atoms with Crippen molar-refractivity contribution in [2.24, 2.45) is 0 Å². The Labute approximate surface area is 200 Å². The van der Waals surface area contributed by atoms with Crippen LogP contribution in [0.4, 0.5) is 0 Å². The highest BCUT2D eigenvalue weighted by Crippen LogP contribution is 2.26. The second-order valence-corrected chi connectivity index (χ2v) is 12.9. The molecule has 0 amide bonds. The summed E-state index contributed by atoms with van der Waals surface area (Å²) in [6.07, 6.45) is 0.364. The van der Waals surface area contributed by atoms with Crippen molar-refractivity contribution < 1.29 is 16.8 Å². The highest BCUT2D eigenvalue weighted by molar-refractivity contribution is 7.91. The molecular formula is C24H24Cl2O4S2. The molecule has 32 heavy (non-hydrogen) atoms. The van der Waals surface area contributed by atoms with Gasteiger partial charge in [-0.25, -0.2) is 16.8 Å². The molecule has 3 aromatic rings. The molecule has 3 aromatic carbocycles. The Morgan fingerprint density at radius 1 is 0.688 bits per heavy atom. The van der Waals surface area contributed by atoms with Gasteiger partial charge in [0.2, 0.25) is 0 Å². The third kappa shape index (κ3) is 6.58. The first-order chi connectivity index (χ1) is 15.1. The lowest BCUT2D eigenvalue weighted by Gasteiger charge is -2.13. The molecule has 0 fully saturated rings. The molecule has 0 aliphatic carbocycles.